The van der Waals surface area contributed by atoms with Crippen LogP contribution in [-0.2, 0) is 0 Å². The van der Waals surface area contributed by atoms with Crippen LogP contribution in [0, 0.1) is 19.3 Å². The summed E-state index contributed by atoms with van der Waals surface area (Å²) in [5.74, 6) is 0. The molecular formula is C10H17NOS. The van der Waals surface area contributed by atoms with Crippen molar-refractivity contribution in [2.75, 3.05) is 0 Å². The van der Waals surface area contributed by atoms with Crippen molar-refractivity contribution in [3.8, 4) is 0 Å². The summed E-state index contributed by atoms with van der Waals surface area (Å²) in [6, 6.07) is 0. The zero-order valence-electron chi connectivity index (χ0n) is 8.88. The maximum atomic E-state index is 9.94. The van der Waals surface area contributed by atoms with Crippen molar-refractivity contribution in [2.45, 2.75) is 40.7 Å². The highest BCUT2D eigenvalue weighted by Crippen LogP contribution is 2.35. The zero-order valence-corrected chi connectivity index (χ0v) is 9.70. The fourth-order valence-electron chi connectivity index (χ4n) is 0.985. The number of aromatic nitrogens is 1. The molecule has 0 aliphatic carbocycles. The van der Waals surface area contributed by atoms with E-state index in [9.17, 15) is 5.11 Å². The van der Waals surface area contributed by atoms with Crippen LogP contribution in [0.15, 0.2) is 0 Å². The van der Waals surface area contributed by atoms with Crippen molar-refractivity contribution in [1.82, 2.24) is 4.98 Å². The van der Waals surface area contributed by atoms with Gasteiger partial charge in [-0.05, 0) is 19.3 Å². The van der Waals surface area contributed by atoms with Gasteiger partial charge in [0.05, 0.1) is 5.69 Å². The number of thiazole rings is 1. The van der Waals surface area contributed by atoms with Gasteiger partial charge in [-0.3, -0.25) is 0 Å². The van der Waals surface area contributed by atoms with Crippen molar-refractivity contribution in [3.05, 3.63) is 15.6 Å². The second-order valence-electron chi connectivity index (χ2n) is 4.46. The van der Waals surface area contributed by atoms with E-state index in [1.807, 2.05) is 34.6 Å². The highest BCUT2D eigenvalue weighted by atomic mass is 32.1. The molecular weight excluding hydrogens is 182 g/mol. The Balaban J connectivity index is 2.96. The maximum Gasteiger partial charge on any atom is 0.122 e. The molecule has 0 bridgehead atoms. The predicted molar refractivity (Wildman–Crippen MR) is 56.0 cm³/mol. The molecule has 2 nitrogen and oxygen atoms in total. The molecule has 0 saturated heterocycles. The minimum absolute atomic E-state index is 0.128. The number of hydrogen-bond acceptors (Lipinski definition) is 3. The highest BCUT2D eigenvalue weighted by molar-refractivity contribution is 7.11. The van der Waals surface area contributed by atoms with Crippen LogP contribution >= 0.6 is 11.3 Å². The topological polar surface area (TPSA) is 33.1 Å². The van der Waals surface area contributed by atoms with Gasteiger partial charge in [-0.25, -0.2) is 4.98 Å². The maximum absolute atomic E-state index is 9.94. The third kappa shape index (κ3) is 2.29. The van der Waals surface area contributed by atoms with Crippen LogP contribution in [0.1, 0.15) is 42.5 Å². The lowest BCUT2D eigenvalue weighted by molar-refractivity contribution is 0.0623. The molecule has 0 fully saturated rings. The molecule has 0 saturated carbocycles. The molecule has 1 atom stereocenters. The van der Waals surface area contributed by atoms with Crippen LogP contribution in [-0.4, -0.2) is 10.1 Å². The minimum Gasteiger partial charge on any atom is -0.385 e. The van der Waals surface area contributed by atoms with Gasteiger partial charge < -0.3 is 5.11 Å². The molecule has 13 heavy (non-hydrogen) atoms. The SMILES string of the molecule is Cc1nc(C(O)C(C)(C)C)sc1C. The summed E-state index contributed by atoms with van der Waals surface area (Å²) in [6.45, 7) is 10.1. The summed E-state index contributed by atoms with van der Waals surface area (Å²) < 4.78 is 0. The summed E-state index contributed by atoms with van der Waals surface area (Å²) in [5.41, 5.74) is 0.903. The van der Waals surface area contributed by atoms with Gasteiger partial charge >= 0.3 is 0 Å². The van der Waals surface area contributed by atoms with Crippen LogP contribution in [0.4, 0.5) is 0 Å². The van der Waals surface area contributed by atoms with E-state index in [0.29, 0.717) is 0 Å². The van der Waals surface area contributed by atoms with Gasteiger partial charge in [0.1, 0.15) is 11.1 Å². The van der Waals surface area contributed by atoms with Gasteiger partial charge in [0.15, 0.2) is 0 Å². The van der Waals surface area contributed by atoms with Crippen LogP contribution in [0.25, 0.3) is 0 Å². The van der Waals surface area contributed by atoms with Crippen LogP contribution < -0.4 is 0 Å². The second-order valence-corrected chi connectivity index (χ2v) is 5.70. The molecule has 0 aromatic carbocycles. The van der Waals surface area contributed by atoms with Crippen molar-refractivity contribution >= 4 is 11.3 Å². The zero-order chi connectivity index (χ0) is 10.2. The second kappa shape index (κ2) is 3.39. The Morgan fingerprint density at radius 1 is 1.31 bits per heavy atom. The fourth-order valence-corrected chi connectivity index (χ4v) is 2.14. The Bertz CT molecular complexity index is 279. The molecule has 1 heterocycles. The van der Waals surface area contributed by atoms with Gasteiger partial charge in [-0.15, -0.1) is 11.3 Å². The smallest absolute Gasteiger partial charge is 0.122 e. The number of nitrogens with zero attached hydrogens (tertiary/aromatic N) is 1. The molecule has 74 valence electrons. The first-order valence-corrected chi connectivity index (χ1v) is 5.26. The first-order valence-electron chi connectivity index (χ1n) is 4.44. The van der Waals surface area contributed by atoms with Crippen molar-refractivity contribution in [1.29, 1.82) is 0 Å². The van der Waals surface area contributed by atoms with Crippen LogP contribution in [0.3, 0.4) is 0 Å². The normalized spacial score (nSPS) is 14.6. The third-order valence-electron chi connectivity index (χ3n) is 2.10. The summed E-state index contributed by atoms with van der Waals surface area (Å²) in [7, 11) is 0. The monoisotopic (exact) mass is 199 g/mol. The van der Waals surface area contributed by atoms with E-state index in [0.717, 1.165) is 10.7 Å². The molecule has 0 amide bonds. The molecule has 0 spiro atoms. The number of hydrogen-bond donors (Lipinski definition) is 1. The average Bonchev–Trinajstić information content (AvgIpc) is 2.29. The Hall–Kier alpha value is -0.410. The quantitative estimate of drug-likeness (QED) is 0.754. The van der Waals surface area contributed by atoms with Gasteiger partial charge in [-0.1, -0.05) is 20.8 Å². The van der Waals surface area contributed by atoms with Crippen LogP contribution in [0.5, 0.6) is 0 Å². The largest absolute Gasteiger partial charge is 0.385 e. The highest BCUT2D eigenvalue weighted by Gasteiger charge is 2.26. The average molecular weight is 199 g/mol. The molecule has 1 N–H and O–H groups in total. The summed E-state index contributed by atoms with van der Waals surface area (Å²) in [4.78, 5) is 5.54. The van der Waals surface area contributed by atoms with Crippen molar-refractivity contribution in [2.24, 2.45) is 5.41 Å². The molecule has 0 aliphatic rings. The molecule has 1 rings (SSSR count). The van der Waals surface area contributed by atoms with E-state index < -0.39 is 6.10 Å². The van der Waals surface area contributed by atoms with Gasteiger partial charge in [-0.2, -0.15) is 0 Å². The molecule has 3 heteroatoms. The Morgan fingerprint density at radius 2 is 1.85 bits per heavy atom. The van der Waals surface area contributed by atoms with E-state index in [-0.39, 0.29) is 5.41 Å². The number of rotatable bonds is 1. The molecule has 0 radical (unpaired) electrons. The Kier molecular flexibility index (Phi) is 2.78. The number of aliphatic hydroxyl groups excluding tert-OH is 1. The first kappa shape index (κ1) is 10.7. The third-order valence-corrected chi connectivity index (χ3v) is 3.22. The van der Waals surface area contributed by atoms with Crippen LogP contribution in [0.2, 0.25) is 0 Å². The molecule has 1 aromatic heterocycles. The lowest BCUT2D eigenvalue weighted by Crippen LogP contribution is -2.17. The molecule has 0 aliphatic heterocycles. The summed E-state index contributed by atoms with van der Waals surface area (Å²) >= 11 is 1.59. The first-order chi connectivity index (χ1) is 5.82. The predicted octanol–water partition coefficient (Wildman–Crippen LogP) is 2.84. The van der Waals surface area contributed by atoms with E-state index >= 15 is 0 Å². The number of aryl methyl sites for hydroxylation is 2. The van der Waals surface area contributed by atoms with Crippen molar-refractivity contribution < 1.29 is 5.11 Å². The van der Waals surface area contributed by atoms with E-state index in [1.165, 1.54) is 4.88 Å². The van der Waals surface area contributed by atoms with Gasteiger partial charge in [0.2, 0.25) is 0 Å². The van der Waals surface area contributed by atoms with E-state index in [1.54, 1.807) is 11.3 Å². The minimum atomic E-state index is -0.454. The van der Waals surface area contributed by atoms with E-state index in [4.69, 9.17) is 0 Å². The fraction of sp³-hybridized carbons (Fsp3) is 0.700. The van der Waals surface area contributed by atoms with E-state index in [2.05, 4.69) is 4.98 Å². The molecule has 1 unspecified atom stereocenters. The van der Waals surface area contributed by atoms with Gasteiger partial charge in [0.25, 0.3) is 0 Å². The standard InChI is InChI=1S/C10H17NOS/c1-6-7(2)13-9(11-6)8(12)10(3,4)5/h8,12H,1-5H3. The van der Waals surface area contributed by atoms with Crippen molar-refractivity contribution in [3.63, 3.8) is 0 Å². The Labute approximate surface area is 83.6 Å². The Morgan fingerprint density at radius 3 is 2.15 bits per heavy atom. The summed E-state index contributed by atoms with van der Waals surface area (Å²) in [5, 5.41) is 10.8. The van der Waals surface area contributed by atoms with Gasteiger partial charge in [0, 0.05) is 4.88 Å². The number of aliphatic hydroxyl groups is 1. The lowest BCUT2D eigenvalue weighted by Gasteiger charge is -2.23. The lowest BCUT2D eigenvalue weighted by atomic mass is 9.90. The molecule has 1 aromatic rings. The summed E-state index contributed by atoms with van der Waals surface area (Å²) in [6.07, 6.45) is -0.454.